The van der Waals surface area contributed by atoms with Crippen molar-refractivity contribution < 1.29 is 9.59 Å². The quantitative estimate of drug-likeness (QED) is 0.716. The van der Waals surface area contributed by atoms with Crippen molar-refractivity contribution in [3.63, 3.8) is 0 Å². The molecule has 3 N–H and O–H groups in total. The van der Waals surface area contributed by atoms with Crippen molar-refractivity contribution in [1.29, 1.82) is 0 Å². The van der Waals surface area contributed by atoms with Crippen LogP contribution in [-0.2, 0) is 16.0 Å². The highest BCUT2D eigenvalue weighted by Gasteiger charge is 2.22. The summed E-state index contributed by atoms with van der Waals surface area (Å²) in [5, 5.41) is 8.62. The van der Waals surface area contributed by atoms with E-state index in [-0.39, 0.29) is 36.7 Å². The Hall–Kier alpha value is -1.59. The van der Waals surface area contributed by atoms with E-state index in [1.54, 1.807) is 0 Å². The monoisotopic (exact) mass is 311 g/mol. The second-order valence-corrected chi connectivity index (χ2v) is 4.99. The van der Waals surface area contributed by atoms with Crippen LogP contribution in [0.2, 0.25) is 0 Å². The summed E-state index contributed by atoms with van der Waals surface area (Å²) in [7, 11) is 0. The van der Waals surface area contributed by atoms with Gasteiger partial charge in [-0.25, -0.2) is 0 Å². The molecule has 21 heavy (non-hydrogen) atoms. The molecule has 1 aromatic rings. The van der Waals surface area contributed by atoms with E-state index < -0.39 is 0 Å². The minimum absolute atomic E-state index is 0. The number of rotatable bonds is 6. The molecule has 1 aliphatic rings. The van der Waals surface area contributed by atoms with Gasteiger partial charge >= 0.3 is 0 Å². The Kier molecular flexibility index (Phi) is 7.79. The zero-order valence-corrected chi connectivity index (χ0v) is 12.7. The third-order valence-corrected chi connectivity index (χ3v) is 3.43. The van der Waals surface area contributed by atoms with Gasteiger partial charge in [-0.3, -0.25) is 9.59 Å². The van der Waals surface area contributed by atoms with E-state index in [9.17, 15) is 9.59 Å². The molecule has 5 nitrogen and oxygen atoms in total. The van der Waals surface area contributed by atoms with Crippen LogP contribution in [0.3, 0.4) is 0 Å². The number of halogens is 1. The smallest absolute Gasteiger partial charge is 0.239 e. The Morgan fingerprint density at radius 2 is 1.95 bits per heavy atom. The van der Waals surface area contributed by atoms with E-state index in [2.05, 4.69) is 16.0 Å². The van der Waals surface area contributed by atoms with E-state index in [0.29, 0.717) is 13.1 Å². The zero-order valence-electron chi connectivity index (χ0n) is 11.9. The molecule has 0 bridgehead atoms. The van der Waals surface area contributed by atoms with Crippen LogP contribution in [0.15, 0.2) is 30.3 Å². The molecule has 1 atom stereocenters. The van der Waals surface area contributed by atoms with Gasteiger partial charge in [0, 0.05) is 13.1 Å². The van der Waals surface area contributed by atoms with E-state index >= 15 is 0 Å². The number of carbonyl (C=O) groups excluding carboxylic acids is 2. The van der Waals surface area contributed by atoms with Gasteiger partial charge in [-0.1, -0.05) is 30.3 Å². The first-order chi connectivity index (χ1) is 9.75. The predicted octanol–water partition coefficient (Wildman–Crippen LogP) is 0.493. The average molecular weight is 312 g/mol. The average Bonchev–Trinajstić information content (AvgIpc) is 3.00. The summed E-state index contributed by atoms with van der Waals surface area (Å²) in [5.74, 6) is -0.166. The Balaban J connectivity index is 0.00000220. The number of nitrogens with one attached hydrogen (secondary N) is 3. The molecule has 0 aliphatic carbocycles. The summed E-state index contributed by atoms with van der Waals surface area (Å²) in [6, 6.07) is 9.98. The zero-order chi connectivity index (χ0) is 14.2. The second kappa shape index (κ2) is 9.37. The van der Waals surface area contributed by atoms with Crippen LogP contribution in [0, 0.1) is 5.92 Å². The highest BCUT2D eigenvalue weighted by atomic mass is 35.5. The van der Waals surface area contributed by atoms with Crippen LogP contribution >= 0.6 is 12.4 Å². The Morgan fingerprint density at radius 3 is 2.62 bits per heavy atom. The van der Waals surface area contributed by atoms with Crippen molar-refractivity contribution in [2.45, 2.75) is 12.8 Å². The standard InChI is InChI=1S/C15H21N3O2.ClH/c19-14(11-18-15(20)13-7-8-16-10-13)17-9-6-12-4-2-1-3-5-12;/h1-5,13,16H,6-11H2,(H,17,19)(H,18,20);1H. The Labute approximate surface area is 131 Å². The lowest BCUT2D eigenvalue weighted by molar-refractivity contribution is -0.128. The number of benzene rings is 1. The number of amides is 2. The van der Waals surface area contributed by atoms with Gasteiger partial charge in [0.05, 0.1) is 12.5 Å². The van der Waals surface area contributed by atoms with Crippen LogP contribution in [0.25, 0.3) is 0 Å². The van der Waals surface area contributed by atoms with Gasteiger partial charge in [-0.05, 0) is 24.9 Å². The van der Waals surface area contributed by atoms with Crippen molar-refractivity contribution in [1.82, 2.24) is 16.0 Å². The highest BCUT2D eigenvalue weighted by Crippen LogP contribution is 2.06. The van der Waals surface area contributed by atoms with Crippen LogP contribution in [0.1, 0.15) is 12.0 Å². The minimum atomic E-state index is -0.139. The summed E-state index contributed by atoms with van der Waals surface area (Å²) >= 11 is 0. The first-order valence-corrected chi connectivity index (χ1v) is 7.05. The molecule has 0 spiro atoms. The lowest BCUT2D eigenvalue weighted by atomic mass is 10.1. The molecule has 0 saturated carbocycles. The summed E-state index contributed by atoms with van der Waals surface area (Å²) in [4.78, 5) is 23.3. The van der Waals surface area contributed by atoms with Gasteiger partial charge in [0.1, 0.15) is 0 Å². The van der Waals surface area contributed by atoms with E-state index in [1.165, 1.54) is 5.56 Å². The van der Waals surface area contributed by atoms with Gasteiger partial charge in [-0.15, -0.1) is 12.4 Å². The Morgan fingerprint density at radius 1 is 1.19 bits per heavy atom. The summed E-state index contributed by atoms with van der Waals surface area (Å²) < 4.78 is 0. The molecule has 6 heteroatoms. The van der Waals surface area contributed by atoms with Gasteiger partial charge in [0.2, 0.25) is 11.8 Å². The maximum Gasteiger partial charge on any atom is 0.239 e. The van der Waals surface area contributed by atoms with Crippen LogP contribution in [0.4, 0.5) is 0 Å². The third kappa shape index (κ3) is 6.14. The largest absolute Gasteiger partial charge is 0.354 e. The summed E-state index contributed by atoms with van der Waals surface area (Å²) in [6.45, 7) is 2.23. The van der Waals surface area contributed by atoms with Gasteiger partial charge < -0.3 is 16.0 Å². The van der Waals surface area contributed by atoms with Crippen molar-refractivity contribution >= 4 is 24.2 Å². The van der Waals surface area contributed by atoms with Crippen molar-refractivity contribution in [2.75, 3.05) is 26.2 Å². The fourth-order valence-electron chi connectivity index (χ4n) is 2.24. The predicted molar refractivity (Wildman–Crippen MR) is 84.4 cm³/mol. The van der Waals surface area contributed by atoms with Gasteiger partial charge in [0.25, 0.3) is 0 Å². The maximum atomic E-state index is 11.7. The van der Waals surface area contributed by atoms with Crippen molar-refractivity contribution in [3.05, 3.63) is 35.9 Å². The molecule has 1 aromatic carbocycles. The molecule has 1 unspecified atom stereocenters. The Bertz CT molecular complexity index is 447. The van der Waals surface area contributed by atoms with Gasteiger partial charge in [-0.2, -0.15) is 0 Å². The van der Waals surface area contributed by atoms with E-state index in [4.69, 9.17) is 0 Å². The third-order valence-electron chi connectivity index (χ3n) is 3.43. The molecule has 116 valence electrons. The number of hydrogen-bond donors (Lipinski definition) is 3. The maximum absolute atomic E-state index is 11.7. The van der Waals surface area contributed by atoms with Gasteiger partial charge in [0.15, 0.2) is 0 Å². The van der Waals surface area contributed by atoms with Crippen LogP contribution in [0.5, 0.6) is 0 Å². The molecule has 2 rings (SSSR count). The van der Waals surface area contributed by atoms with E-state index in [1.807, 2.05) is 30.3 Å². The first kappa shape index (κ1) is 17.5. The molecule has 1 fully saturated rings. The fourth-order valence-corrected chi connectivity index (χ4v) is 2.24. The molecule has 2 amide bonds. The second-order valence-electron chi connectivity index (χ2n) is 4.99. The highest BCUT2D eigenvalue weighted by molar-refractivity contribution is 5.86. The van der Waals surface area contributed by atoms with Crippen LogP contribution in [-0.4, -0.2) is 38.0 Å². The summed E-state index contributed by atoms with van der Waals surface area (Å²) in [6.07, 6.45) is 1.65. The molecular weight excluding hydrogens is 290 g/mol. The fraction of sp³-hybridized carbons (Fsp3) is 0.467. The van der Waals surface area contributed by atoms with E-state index in [0.717, 1.165) is 19.4 Å². The first-order valence-electron chi connectivity index (χ1n) is 7.05. The van der Waals surface area contributed by atoms with Crippen LogP contribution < -0.4 is 16.0 Å². The molecule has 1 heterocycles. The number of hydrogen-bond acceptors (Lipinski definition) is 3. The SMILES string of the molecule is Cl.O=C(CNC(=O)C1CCNC1)NCCc1ccccc1. The normalized spacial score (nSPS) is 16.9. The molecule has 0 aromatic heterocycles. The number of carbonyl (C=O) groups is 2. The summed E-state index contributed by atoms with van der Waals surface area (Å²) in [5.41, 5.74) is 1.19. The topological polar surface area (TPSA) is 70.2 Å². The molecule has 1 saturated heterocycles. The minimum Gasteiger partial charge on any atom is -0.354 e. The van der Waals surface area contributed by atoms with Crippen molar-refractivity contribution in [2.24, 2.45) is 5.92 Å². The lowest BCUT2D eigenvalue weighted by Crippen LogP contribution is -2.40. The lowest BCUT2D eigenvalue weighted by Gasteiger charge is -2.10. The molecule has 1 aliphatic heterocycles. The molecule has 0 radical (unpaired) electrons. The molecular formula is C15H22ClN3O2. The van der Waals surface area contributed by atoms with Crippen molar-refractivity contribution in [3.8, 4) is 0 Å².